The molecule has 0 radical (unpaired) electrons. The molecule has 0 amide bonds. The first-order valence-electron chi connectivity index (χ1n) is 10.5. The van der Waals surface area contributed by atoms with E-state index in [1.807, 2.05) is 12.5 Å². The van der Waals surface area contributed by atoms with Gasteiger partial charge in [-0.05, 0) is 32.1 Å². The summed E-state index contributed by atoms with van der Waals surface area (Å²) >= 11 is 0. The molecule has 0 aromatic carbocycles. The highest BCUT2D eigenvalue weighted by atomic mass is 15.0. The summed E-state index contributed by atoms with van der Waals surface area (Å²) in [5, 5.41) is 0. The minimum absolute atomic E-state index is 1.13. The van der Waals surface area contributed by atoms with Crippen LogP contribution in [0.5, 0.6) is 0 Å². The molecule has 0 aliphatic heterocycles. The van der Waals surface area contributed by atoms with E-state index < -0.39 is 0 Å². The Morgan fingerprint density at radius 1 is 0.708 bits per heavy atom. The van der Waals surface area contributed by atoms with Crippen LogP contribution in [-0.4, -0.2) is 9.55 Å². The normalized spacial score (nSPS) is 11.5. The third-order valence-electron chi connectivity index (χ3n) is 4.74. The van der Waals surface area contributed by atoms with Crippen LogP contribution >= 0.6 is 0 Å². The van der Waals surface area contributed by atoms with Gasteiger partial charge in [0.15, 0.2) is 0 Å². The fourth-order valence-electron chi connectivity index (χ4n) is 3.14. The lowest BCUT2D eigenvalue weighted by molar-refractivity contribution is 0.546. The molecule has 2 heteroatoms. The molecular weight excluding hydrogens is 292 g/mol. The van der Waals surface area contributed by atoms with Crippen LogP contribution < -0.4 is 0 Å². The Balaban J connectivity index is 1.72. The zero-order valence-corrected chi connectivity index (χ0v) is 16.1. The predicted octanol–water partition coefficient (Wildman–Crippen LogP) is 7.31. The number of allylic oxidation sites excluding steroid dienone is 2. The fraction of sp³-hybridized carbons (Fsp3) is 0.773. The van der Waals surface area contributed by atoms with E-state index in [0.29, 0.717) is 0 Å². The Morgan fingerprint density at radius 2 is 1.25 bits per heavy atom. The molecule has 1 rings (SSSR count). The number of nitrogens with zero attached hydrogens (tertiary/aromatic N) is 2. The third kappa shape index (κ3) is 13.4. The van der Waals surface area contributed by atoms with Gasteiger partial charge in [0.25, 0.3) is 0 Å². The van der Waals surface area contributed by atoms with Crippen molar-refractivity contribution in [2.24, 2.45) is 0 Å². The van der Waals surface area contributed by atoms with Gasteiger partial charge in [0.1, 0.15) is 0 Å². The van der Waals surface area contributed by atoms with Crippen LogP contribution in [-0.2, 0) is 6.54 Å². The quantitative estimate of drug-likeness (QED) is 0.216. The second-order valence-electron chi connectivity index (χ2n) is 7.09. The smallest absolute Gasteiger partial charge is 0.0945 e. The number of imidazole rings is 1. The molecule has 1 heterocycles. The summed E-state index contributed by atoms with van der Waals surface area (Å²) in [5.41, 5.74) is 0. The van der Waals surface area contributed by atoms with E-state index in [2.05, 4.69) is 34.8 Å². The summed E-state index contributed by atoms with van der Waals surface area (Å²) in [6.45, 7) is 3.41. The molecule has 0 saturated carbocycles. The molecule has 24 heavy (non-hydrogen) atoms. The largest absolute Gasteiger partial charge is 0.337 e. The highest BCUT2D eigenvalue weighted by Crippen LogP contribution is 2.11. The number of unbranched alkanes of at least 4 members (excludes halogenated alkanes) is 13. The monoisotopic (exact) mass is 332 g/mol. The Morgan fingerprint density at radius 3 is 1.79 bits per heavy atom. The molecule has 138 valence electrons. The first-order valence-corrected chi connectivity index (χ1v) is 10.5. The van der Waals surface area contributed by atoms with Gasteiger partial charge in [-0.3, -0.25) is 0 Å². The van der Waals surface area contributed by atoms with Crippen LogP contribution in [0.3, 0.4) is 0 Å². The number of hydrogen-bond donors (Lipinski definition) is 0. The molecule has 1 aromatic heterocycles. The van der Waals surface area contributed by atoms with Crippen molar-refractivity contribution in [3.8, 4) is 0 Å². The number of rotatable bonds is 17. The molecular formula is C22H40N2. The molecule has 0 unspecified atom stereocenters. The molecule has 2 nitrogen and oxygen atoms in total. The van der Waals surface area contributed by atoms with E-state index in [4.69, 9.17) is 0 Å². The van der Waals surface area contributed by atoms with Gasteiger partial charge in [-0.2, -0.15) is 0 Å². The molecule has 1 aromatic rings. The topological polar surface area (TPSA) is 17.8 Å². The van der Waals surface area contributed by atoms with Crippen molar-refractivity contribution in [2.75, 3.05) is 0 Å². The molecule has 0 saturated heterocycles. The van der Waals surface area contributed by atoms with Crippen molar-refractivity contribution >= 4 is 0 Å². The Labute approximate surface area is 150 Å². The van der Waals surface area contributed by atoms with E-state index in [1.54, 1.807) is 0 Å². The minimum atomic E-state index is 1.13. The van der Waals surface area contributed by atoms with E-state index in [0.717, 1.165) is 6.54 Å². The fourth-order valence-corrected chi connectivity index (χ4v) is 3.14. The van der Waals surface area contributed by atoms with Crippen molar-refractivity contribution < 1.29 is 0 Å². The molecule has 0 N–H and O–H groups in total. The highest BCUT2D eigenvalue weighted by molar-refractivity contribution is 4.81. The summed E-state index contributed by atoms with van der Waals surface area (Å²) in [6, 6.07) is 0. The van der Waals surface area contributed by atoms with Crippen LogP contribution in [0.2, 0.25) is 0 Å². The van der Waals surface area contributed by atoms with E-state index >= 15 is 0 Å². The zero-order valence-electron chi connectivity index (χ0n) is 16.1. The van der Waals surface area contributed by atoms with Crippen LogP contribution in [0.15, 0.2) is 30.9 Å². The first-order chi connectivity index (χ1) is 11.9. The summed E-state index contributed by atoms with van der Waals surface area (Å²) in [7, 11) is 0. The van der Waals surface area contributed by atoms with Crippen LogP contribution in [0, 0.1) is 0 Å². The van der Waals surface area contributed by atoms with Crippen molar-refractivity contribution in [3.63, 3.8) is 0 Å². The van der Waals surface area contributed by atoms with Gasteiger partial charge in [0.2, 0.25) is 0 Å². The SMILES string of the molecule is CCCCCCCC/C=C\CCCCCCCCCn1ccnc1. The second-order valence-corrected chi connectivity index (χ2v) is 7.09. The van der Waals surface area contributed by atoms with Gasteiger partial charge >= 0.3 is 0 Å². The van der Waals surface area contributed by atoms with Crippen molar-refractivity contribution in [2.45, 2.75) is 110 Å². The van der Waals surface area contributed by atoms with Gasteiger partial charge in [0.05, 0.1) is 6.33 Å². The summed E-state index contributed by atoms with van der Waals surface area (Å²) < 4.78 is 2.18. The van der Waals surface area contributed by atoms with Gasteiger partial charge in [0, 0.05) is 18.9 Å². The van der Waals surface area contributed by atoms with Gasteiger partial charge < -0.3 is 4.57 Å². The van der Waals surface area contributed by atoms with Gasteiger partial charge in [-0.15, -0.1) is 0 Å². The average molecular weight is 333 g/mol. The molecule has 0 atom stereocenters. The number of aromatic nitrogens is 2. The number of hydrogen-bond acceptors (Lipinski definition) is 1. The molecule has 0 aliphatic carbocycles. The third-order valence-corrected chi connectivity index (χ3v) is 4.74. The Kier molecular flexibility index (Phi) is 14.7. The molecule has 0 bridgehead atoms. The van der Waals surface area contributed by atoms with Gasteiger partial charge in [-0.25, -0.2) is 4.98 Å². The summed E-state index contributed by atoms with van der Waals surface area (Å²) in [5.74, 6) is 0. The van der Waals surface area contributed by atoms with Crippen molar-refractivity contribution in [1.29, 1.82) is 0 Å². The van der Waals surface area contributed by atoms with Crippen LogP contribution in [0.1, 0.15) is 103 Å². The van der Waals surface area contributed by atoms with Crippen LogP contribution in [0.25, 0.3) is 0 Å². The lowest BCUT2D eigenvalue weighted by Crippen LogP contribution is -1.93. The van der Waals surface area contributed by atoms with Crippen molar-refractivity contribution in [3.05, 3.63) is 30.9 Å². The Hall–Kier alpha value is -1.05. The lowest BCUT2D eigenvalue weighted by atomic mass is 10.1. The molecule has 0 spiro atoms. The summed E-state index contributed by atoms with van der Waals surface area (Å²) in [6.07, 6.45) is 31.3. The second kappa shape index (κ2) is 16.8. The van der Waals surface area contributed by atoms with Crippen LogP contribution in [0.4, 0.5) is 0 Å². The first kappa shape index (κ1) is 21.0. The van der Waals surface area contributed by atoms with Crippen molar-refractivity contribution in [1.82, 2.24) is 9.55 Å². The number of aryl methyl sites for hydroxylation is 1. The predicted molar refractivity (Wildman–Crippen MR) is 106 cm³/mol. The maximum absolute atomic E-state index is 4.07. The van der Waals surface area contributed by atoms with E-state index in [9.17, 15) is 0 Å². The average Bonchev–Trinajstić information content (AvgIpc) is 3.11. The van der Waals surface area contributed by atoms with E-state index in [-0.39, 0.29) is 0 Å². The summed E-state index contributed by atoms with van der Waals surface area (Å²) in [4.78, 5) is 4.07. The zero-order chi connectivity index (χ0) is 17.1. The molecule has 0 aliphatic rings. The maximum atomic E-state index is 4.07. The van der Waals surface area contributed by atoms with E-state index in [1.165, 1.54) is 96.3 Å². The van der Waals surface area contributed by atoms with Gasteiger partial charge in [-0.1, -0.05) is 83.3 Å². The lowest BCUT2D eigenvalue weighted by Gasteiger charge is -2.02. The Bertz CT molecular complexity index is 367. The highest BCUT2D eigenvalue weighted by Gasteiger charge is 1.93. The molecule has 0 fully saturated rings. The minimum Gasteiger partial charge on any atom is -0.337 e. The standard InChI is InChI=1S/C22H40N2/c1-2-3-4-5-6-7-8-9-10-11-12-13-14-15-16-17-18-20-24-21-19-23-22-24/h9-10,19,21-22H,2-8,11-18,20H2,1H3/b10-9-. The maximum Gasteiger partial charge on any atom is 0.0945 e.